The maximum atomic E-state index is 4.57. The lowest BCUT2D eigenvalue weighted by Crippen LogP contribution is -2.05. The van der Waals surface area contributed by atoms with Crippen molar-refractivity contribution in [2.24, 2.45) is 5.10 Å². The van der Waals surface area contributed by atoms with Gasteiger partial charge in [0.2, 0.25) is 0 Å². The van der Waals surface area contributed by atoms with Crippen LogP contribution < -0.4 is 5.43 Å². The van der Waals surface area contributed by atoms with Crippen LogP contribution in [-0.4, -0.2) is 15.9 Å². The van der Waals surface area contributed by atoms with E-state index in [1.165, 1.54) is 0 Å². The third-order valence-corrected chi connectivity index (χ3v) is 3.46. The summed E-state index contributed by atoms with van der Waals surface area (Å²) in [6, 6.07) is 18.2. The highest BCUT2D eigenvalue weighted by Crippen LogP contribution is 2.19. The van der Waals surface area contributed by atoms with Crippen LogP contribution in [0.3, 0.4) is 0 Å². The molecule has 0 unspecified atom stereocenters. The summed E-state index contributed by atoms with van der Waals surface area (Å²) < 4.78 is 0. The molecule has 4 nitrogen and oxygen atoms in total. The fraction of sp³-hybridized carbons (Fsp3) is 0.167. The van der Waals surface area contributed by atoms with E-state index in [0.717, 1.165) is 34.9 Å². The van der Waals surface area contributed by atoms with Crippen molar-refractivity contribution in [3.8, 4) is 0 Å². The first kappa shape index (κ1) is 14.2. The Bertz CT molecular complexity index is 776. The molecule has 0 aliphatic heterocycles. The summed E-state index contributed by atoms with van der Waals surface area (Å²) in [6.45, 7) is 2.15. The van der Waals surface area contributed by atoms with Crippen molar-refractivity contribution in [3.63, 3.8) is 0 Å². The van der Waals surface area contributed by atoms with Crippen LogP contribution in [0, 0.1) is 0 Å². The highest BCUT2D eigenvalue weighted by Gasteiger charge is 2.05. The number of nitrogens with one attached hydrogen (secondary N) is 1. The van der Waals surface area contributed by atoms with Gasteiger partial charge in [-0.15, -0.1) is 5.10 Å². The standard InChI is InChI=1S/C18H18N4/c1-2-8-17(14-9-4-3-5-10-14)20-22-18-16-12-7-6-11-15(16)13-19-21-18/h3-7,9-13H,2,8H2,1H3,(H,21,22)/b20-17-. The molecule has 0 saturated heterocycles. The van der Waals surface area contributed by atoms with E-state index in [9.17, 15) is 0 Å². The van der Waals surface area contributed by atoms with E-state index in [-0.39, 0.29) is 0 Å². The van der Waals surface area contributed by atoms with E-state index in [2.05, 4.69) is 39.8 Å². The van der Waals surface area contributed by atoms with Crippen LogP contribution in [0.5, 0.6) is 0 Å². The minimum atomic E-state index is 0.683. The Morgan fingerprint density at radius 2 is 1.82 bits per heavy atom. The van der Waals surface area contributed by atoms with Crippen molar-refractivity contribution >= 4 is 22.3 Å². The van der Waals surface area contributed by atoms with Crippen LogP contribution in [0.4, 0.5) is 5.82 Å². The summed E-state index contributed by atoms with van der Waals surface area (Å²) in [5.74, 6) is 0.683. The number of rotatable bonds is 5. The largest absolute Gasteiger partial charge is 0.259 e. The van der Waals surface area contributed by atoms with Crippen LogP contribution in [-0.2, 0) is 0 Å². The fourth-order valence-electron chi connectivity index (χ4n) is 2.36. The van der Waals surface area contributed by atoms with Crippen molar-refractivity contribution in [1.82, 2.24) is 10.2 Å². The van der Waals surface area contributed by atoms with Gasteiger partial charge in [0, 0.05) is 10.8 Å². The zero-order valence-corrected chi connectivity index (χ0v) is 12.5. The molecule has 3 rings (SSSR count). The number of anilines is 1. The molecule has 2 aromatic carbocycles. The molecular formula is C18H18N4. The highest BCUT2D eigenvalue weighted by molar-refractivity contribution is 6.01. The number of benzene rings is 2. The van der Waals surface area contributed by atoms with Gasteiger partial charge in [-0.2, -0.15) is 10.2 Å². The van der Waals surface area contributed by atoms with E-state index in [1.807, 2.05) is 42.5 Å². The van der Waals surface area contributed by atoms with Crippen molar-refractivity contribution in [2.45, 2.75) is 19.8 Å². The molecule has 0 atom stereocenters. The van der Waals surface area contributed by atoms with Gasteiger partial charge in [-0.05, 0) is 12.0 Å². The second-order valence-electron chi connectivity index (χ2n) is 5.07. The number of hydrogen-bond acceptors (Lipinski definition) is 4. The molecule has 22 heavy (non-hydrogen) atoms. The second kappa shape index (κ2) is 6.80. The van der Waals surface area contributed by atoms with Gasteiger partial charge in [-0.3, -0.25) is 5.43 Å². The summed E-state index contributed by atoms with van der Waals surface area (Å²) in [5.41, 5.74) is 5.24. The average molecular weight is 290 g/mol. The molecule has 1 heterocycles. The highest BCUT2D eigenvalue weighted by atomic mass is 15.3. The number of aromatic nitrogens is 2. The van der Waals surface area contributed by atoms with Gasteiger partial charge in [-0.1, -0.05) is 67.9 Å². The van der Waals surface area contributed by atoms with Crippen molar-refractivity contribution in [1.29, 1.82) is 0 Å². The Hall–Kier alpha value is -2.75. The number of fused-ring (bicyclic) bond motifs is 1. The predicted molar refractivity (Wildman–Crippen MR) is 91.0 cm³/mol. The lowest BCUT2D eigenvalue weighted by Gasteiger charge is -2.08. The summed E-state index contributed by atoms with van der Waals surface area (Å²) in [7, 11) is 0. The van der Waals surface area contributed by atoms with Gasteiger partial charge in [0.05, 0.1) is 11.9 Å². The minimum Gasteiger partial charge on any atom is -0.259 e. The Morgan fingerprint density at radius 1 is 1.05 bits per heavy atom. The smallest absolute Gasteiger partial charge is 0.176 e. The monoisotopic (exact) mass is 290 g/mol. The van der Waals surface area contributed by atoms with E-state index < -0.39 is 0 Å². The maximum Gasteiger partial charge on any atom is 0.176 e. The van der Waals surface area contributed by atoms with Crippen molar-refractivity contribution in [2.75, 3.05) is 5.43 Å². The molecule has 110 valence electrons. The molecule has 0 spiro atoms. The van der Waals surface area contributed by atoms with Crippen molar-refractivity contribution < 1.29 is 0 Å². The Labute approximate surface area is 129 Å². The van der Waals surface area contributed by atoms with E-state index >= 15 is 0 Å². The first-order chi connectivity index (χ1) is 10.9. The van der Waals surface area contributed by atoms with Crippen LogP contribution in [0.15, 0.2) is 65.9 Å². The topological polar surface area (TPSA) is 50.2 Å². The molecular weight excluding hydrogens is 272 g/mol. The lowest BCUT2D eigenvalue weighted by molar-refractivity contribution is 0.983. The molecule has 0 aliphatic rings. The molecule has 0 saturated carbocycles. The van der Waals surface area contributed by atoms with Gasteiger partial charge in [0.25, 0.3) is 0 Å². The SMILES string of the molecule is CCC/C(=N/Nc1nncc2ccccc12)c1ccccc1. The zero-order chi connectivity index (χ0) is 15.2. The van der Waals surface area contributed by atoms with Gasteiger partial charge in [-0.25, -0.2) is 0 Å². The third-order valence-electron chi connectivity index (χ3n) is 3.46. The molecule has 0 amide bonds. The molecule has 4 heteroatoms. The van der Waals surface area contributed by atoms with Crippen molar-refractivity contribution in [3.05, 3.63) is 66.4 Å². The molecule has 3 aromatic rings. The first-order valence-corrected chi connectivity index (χ1v) is 7.47. The lowest BCUT2D eigenvalue weighted by atomic mass is 10.1. The maximum absolute atomic E-state index is 4.57. The Balaban J connectivity index is 1.93. The molecule has 0 radical (unpaired) electrons. The summed E-state index contributed by atoms with van der Waals surface area (Å²) in [4.78, 5) is 0. The summed E-state index contributed by atoms with van der Waals surface area (Å²) in [5, 5.41) is 14.8. The van der Waals surface area contributed by atoms with E-state index in [4.69, 9.17) is 0 Å². The summed E-state index contributed by atoms with van der Waals surface area (Å²) >= 11 is 0. The molecule has 1 N–H and O–H groups in total. The quantitative estimate of drug-likeness (QED) is 0.564. The van der Waals surface area contributed by atoms with Gasteiger partial charge in [0.1, 0.15) is 0 Å². The molecule has 0 aliphatic carbocycles. The van der Waals surface area contributed by atoms with Crippen LogP contribution in [0.1, 0.15) is 25.3 Å². The number of nitrogens with zero attached hydrogens (tertiary/aromatic N) is 3. The fourth-order valence-corrected chi connectivity index (χ4v) is 2.36. The zero-order valence-electron chi connectivity index (χ0n) is 12.5. The van der Waals surface area contributed by atoms with Gasteiger partial charge < -0.3 is 0 Å². The minimum absolute atomic E-state index is 0.683. The molecule has 0 fully saturated rings. The predicted octanol–water partition coefficient (Wildman–Crippen LogP) is 4.25. The second-order valence-corrected chi connectivity index (χ2v) is 5.07. The number of hydrogen-bond donors (Lipinski definition) is 1. The Morgan fingerprint density at radius 3 is 2.64 bits per heavy atom. The normalized spacial score (nSPS) is 11.6. The first-order valence-electron chi connectivity index (χ1n) is 7.47. The van der Waals surface area contributed by atoms with Crippen LogP contribution in [0.2, 0.25) is 0 Å². The third kappa shape index (κ3) is 3.11. The average Bonchev–Trinajstić information content (AvgIpc) is 2.59. The summed E-state index contributed by atoms with van der Waals surface area (Å²) in [6.07, 6.45) is 3.71. The Kier molecular flexibility index (Phi) is 4.39. The van der Waals surface area contributed by atoms with Crippen LogP contribution in [0.25, 0.3) is 10.8 Å². The van der Waals surface area contributed by atoms with E-state index in [0.29, 0.717) is 5.82 Å². The molecule has 0 bridgehead atoms. The van der Waals surface area contributed by atoms with Gasteiger partial charge >= 0.3 is 0 Å². The van der Waals surface area contributed by atoms with Gasteiger partial charge in [0.15, 0.2) is 5.82 Å². The molecule has 1 aromatic heterocycles. The number of hydrazone groups is 1. The van der Waals surface area contributed by atoms with Crippen LogP contribution >= 0.6 is 0 Å². The van der Waals surface area contributed by atoms with E-state index in [1.54, 1.807) is 6.20 Å².